The second kappa shape index (κ2) is 5.63. The number of methoxy groups -OCH3 is 1. The Kier molecular flexibility index (Phi) is 3.69. The van der Waals surface area contributed by atoms with Crippen LogP contribution in [0, 0.1) is 0 Å². The molecule has 0 bridgehead atoms. The summed E-state index contributed by atoms with van der Waals surface area (Å²) < 4.78 is 4.65. The van der Waals surface area contributed by atoms with E-state index in [0.29, 0.717) is 12.8 Å². The van der Waals surface area contributed by atoms with Gasteiger partial charge in [0.15, 0.2) is 5.13 Å². The molecule has 1 aromatic heterocycles. The predicted molar refractivity (Wildman–Crippen MR) is 78.8 cm³/mol. The minimum absolute atomic E-state index is 0.187. The average Bonchev–Trinajstić information content (AvgIpc) is 3.10. The molecule has 1 aromatic carbocycles. The maximum atomic E-state index is 11.1. The van der Waals surface area contributed by atoms with Crippen LogP contribution in [0.5, 0.6) is 0 Å². The van der Waals surface area contributed by atoms with Gasteiger partial charge in [-0.1, -0.05) is 24.3 Å². The quantitative estimate of drug-likeness (QED) is 0.811. The van der Waals surface area contributed by atoms with Crippen molar-refractivity contribution in [2.75, 3.05) is 12.0 Å². The van der Waals surface area contributed by atoms with Gasteiger partial charge in [0, 0.05) is 24.9 Å². The SMILES string of the molecule is COC(=O)CCc1csc(N2Cc3ccccc3C2)n1. The van der Waals surface area contributed by atoms with E-state index in [1.165, 1.54) is 18.2 Å². The van der Waals surface area contributed by atoms with Crippen molar-refractivity contribution in [2.24, 2.45) is 0 Å². The van der Waals surface area contributed by atoms with E-state index in [4.69, 9.17) is 0 Å². The van der Waals surface area contributed by atoms with Crippen molar-refractivity contribution in [3.63, 3.8) is 0 Å². The van der Waals surface area contributed by atoms with E-state index in [9.17, 15) is 4.79 Å². The number of ether oxygens (including phenoxy) is 1. The first-order chi connectivity index (χ1) is 9.76. The summed E-state index contributed by atoms with van der Waals surface area (Å²) in [6, 6.07) is 8.49. The standard InChI is InChI=1S/C15H16N2O2S/c1-19-14(18)7-6-13-10-20-15(16-13)17-8-11-4-2-3-5-12(11)9-17/h2-5,10H,6-9H2,1H3. The first kappa shape index (κ1) is 13.1. The summed E-state index contributed by atoms with van der Waals surface area (Å²) in [4.78, 5) is 18.0. The van der Waals surface area contributed by atoms with E-state index in [-0.39, 0.29) is 5.97 Å². The number of hydrogen-bond acceptors (Lipinski definition) is 5. The van der Waals surface area contributed by atoms with E-state index in [2.05, 4.69) is 38.9 Å². The molecule has 1 aliphatic rings. The number of fused-ring (bicyclic) bond motifs is 1. The van der Waals surface area contributed by atoms with E-state index in [1.807, 2.05) is 5.38 Å². The van der Waals surface area contributed by atoms with Crippen LogP contribution in [0.15, 0.2) is 29.6 Å². The van der Waals surface area contributed by atoms with Crippen LogP contribution in [-0.2, 0) is 29.0 Å². The molecule has 5 heteroatoms. The summed E-state index contributed by atoms with van der Waals surface area (Å²) in [7, 11) is 1.41. The molecule has 2 heterocycles. The molecule has 4 nitrogen and oxygen atoms in total. The molecule has 0 fully saturated rings. The van der Waals surface area contributed by atoms with Gasteiger partial charge in [0.05, 0.1) is 19.2 Å². The third-order valence-electron chi connectivity index (χ3n) is 3.46. The Labute approximate surface area is 122 Å². The summed E-state index contributed by atoms with van der Waals surface area (Å²) in [5.74, 6) is -0.187. The van der Waals surface area contributed by atoms with Crippen LogP contribution in [-0.4, -0.2) is 18.1 Å². The minimum atomic E-state index is -0.187. The van der Waals surface area contributed by atoms with E-state index in [1.54, 1.807) is 11.3 Å². The van der Waals surface area contributed by atoms with Crippen LogP contribution >= 0.6 is 11.3 Å². The van der Waals surface area contributed by atoms with Gasteiger partial charge in [0.2, 0.25) is 0 Å². The lowest BCUT2D eigenvalue weighted by molar-refractivity contribution is -0.140. The van der Waals surface area contributed by atoms with Gasteiger partial charge in [-0.2, -0.15) is 0 Å². The second-order valence-corrected chi connectivity index (χ2v) is 5.66. The molecular weight excluding hydrogens is 272 g/mol. The van der Waals surface area contributed by atoms with Crippen molar-refractivity contribution in [3.05, 3.63) is 46.5 Å². The van der Waals surface area contributed by atoms with Crippen molar-refractivity contribution in [1.82, 2.24) is 4.98 Å². The van der Waals surface area contributed by atoms with E-state index >= 15 is 0 Å². The van der Waals surface area contributed by atoms with E-state index in [0.717, 1.165) is 23.9 Å². The number of thiazole rings is 1. The number of carbonyl (C=O) groups excluding carboxylic acids is 1. The van der Waals surface area contributed by atoms with Crippen LogP contribution in [0.1, 0.15) is 23.2 Å². The molecule has 1 aliphatic heterocycles. The highest BCUT2D eigenvalue weighted by Crippen LogP contribution is 2.30. The van der Waals surface area contributed by atoms with Gasteiger partial charge >= 0.3 is 5.97 Å². The fourth-order valence-electron chi connectivity index (χ4n) is 2.36. The lowest BCUT2D eigenvalue weighted by Gasteiger charge is -2.12. The first-order valence-electron chi connectivity index (χ1n) is 6.59. The number of esters is 1. The monoisotopic (exact) mass is 288 g/mol. The van der Waals surface area contributed by atoms with Gasteiger partial charge in [-0.3, -0.25) is 4.79 Å². The molecule has 0 unspecified atom stereocenters. The highest BCUT2D eigenvalue weighted by Gasteiger charge is 2.20. The average molecular weight is 288 g/mol. The van der Waals surface area contributed by atoms with Crippen molar-refractivity contribution in [3.8, 4) is 0 Å². The molecule has 0 radical (unpaired) electrons. The normalized spacial score (nSPS) is 13.3. The molecule has 104 valence electrons. The van der Waals surface area contributed by atoms with Gasteiger partial charge in [-0.05, 0) is 11.1 Å². The summed E-state index contributed by atoms with van der Waals surface area (Å²) in [6.07, 6.45) is 1.03. The predicted octanol–water partition coefficient (Wildman–Crippen LogP) is 2.77. The van der Waals surface area contributed by atoms with Crippen LogP contribution in [0.4, 0.5) is 5.13 Å². The lowest BCUT2D eigenvalue weighted by Crippen LogP contribution is -2.14. The zero-order chi connectivity index (χ0) is 13.9. The molecule has 3 rings (SSSR count). The molecule has 0 aliphatic carbocycles. The highest BCUT2D eigenvalue weighted by atomic mass is 32.1. The van der Waals surface area contributed by atoms with Crippen molar-refractivity contribution >= 4 is 22.4 Å². The molecule has 20 heavy (non-hydrogen) atoms. The first-order valence-corrected chi connectivity index (χ1v) is 7.47. The molecule has 0 saturated heterocycles. The van der Waals surface area contributed by atoms with Crippen LogP contribution in [0.2, 0.25) is 0 Å². The second-order valence-electron chi connectivity index (χ2n) is 4.82. The number of anilines is 1. The maximum absolute atomic E-state index is 11.1. The van der Waals surface area contributed by atoms with E-state index < -0.39 is 0 Å². The maximum Gasteiger partial charge on any atom is 0.305 e. The summed E-state index contributed by atoms with van der Waals surface area (Å²) >= 11 is 1.64. The van der Waals surface area contributed by atoms with Crippen LogP contribution < -0.4 is 4.90 Å². The number of hydrogen-bond donors (Lipinski definition) is 0. The fraction of sp³-hybridized carbons (Fsp3) is 0.333. The van der Waals surface area contributed by atoms with Gasteiger partial charge < -0.3 is 9.64 Å². The van der Waals surface area contributed by atoms with Gasteiger partial charge in [-0.15, -0.1) is 11.3 Å². The highest BCUT2D eigenvalue weighted by molar-refractivity contribution is 7.13. The summed E-state index contributed by atoms with van der Waals surface area (Å²) in [5, 5.41) is 3.06. The number of benzene rings is 1. The molecule has 0 saturated carbocycles. The van der Waals surface area contributed by atoms with Crippen LogP contribution in [0.25, 0.3) is 0 Å². The molecule has 0 spiro atoms. The Morgan fingerprint density at radius 1 is 1.35 bits per heavy atom. The largest absolute Gasteiger partial charge is 0.469 e. The van der Waals surface area contributed by atoms with Crippen molar-refractivity contribution in [2.45, 2.75) is 25.9 Å². The topological polar surface area (TPSA) is 42.4 Å². The lowest BCUT2D eigenvalue weighted by atomic mass is 10.1. The Bertz CT molecular complexity index is 599. The zero-order valence-electron chi connectivity index (χ0n) is 11.3. The number of carbonyl (C=O) groups is 1. The smallest absolute Gasteiger partial charge is 0.305 e. The third-order valence-corrected chi connectivity index (χ3v) is 4.41. The van der Waals surface area contributed by atoms with Crippen LogP contribution in [0.3, 0.4) is 0 Å². The van der Waals surface area contributed by atoms with Gasteiger partial charge in [0.25, 0.3) is 0 Å². The number of aryl methyl sites for hydroxylation is 1. The van der Waals surface area contributed by atoms with Gasteiger partial charge in [-0.25, -0.2) is 4.98 Å². The number of nitrogens with zero attached hydrogens (tertiary/aromatic N) is 2. The Morgan fingerprint density at radius 3 is 2.70 bits per heavy atom. The summed E-state index contributed by atoms with van der Waals surface area (Å²) in [6.45, 7) is 1.83. The molecule has 0 atom stereocenters. The Hall–Kier alpha value is -1.88. The summed E-state index contributed by atoms with van der Waals surface area (Å²) in [5.41, 5.74) is 3.71. The zero-order valence-corrected chi connectivity index (χ0v) is 12.2. The molecule has 2 aromatic rings. The molecular formula is C15H16N2O2S. The third kappa shape index (κ3) is 2.67. The van der Waals surface area contributed by atoms with Crippen molar-refractivity contribution < 1.29 is 9.53 Å². The van der Waals surface area contributed by atoms with Crippen molar-refractivity contribution in [1.29, 1.82) is 0 Å². The minimum Gasteiger partial charge on any atom is -0.469 e. The number of rotatable bonds is 4. The Morgan fingerprint density at radius 2 is 2.05 bits per heavy atom. The fourth-order valence-corrected chi connectivity index (χ4v) is 3.22. The molecule has 0 N–H and O–H groups in total. The number of aromatic nitrogens is 1. The van der Waals surface area contributed by atoms with Gasteiger partial charge in [0.1, 0.15) is 0 Å². The Balaban J connectivity index is 1.65. The molecule has 0 amide bonds.